The van der Waals surface area contributed by atoms with Crippen molar-refractivity contribution >= 4 is 5.97 Å². The van der Waals surface area contributed by atoms with Crippen molar-refractivity contribution in [3.05, 3.63) is 0 Å². The molecular formula is C9H18N2O2. The van der Waals surface area contributed by atoms with Crippen LogP contribution in [0.1, 0.15) is 32.1 Å². The average molecular weight is 186 g/mol. The van der Waals surface area contributed by atoms with E-state index in [0.717, 1.165) is 25.7 Å². The fourth-order valence-corrected chi connectivity index (χ4v) is 2.05. The Bertz CT molecular complexity index is 190. The van der Waals surface area contributed by atoms with Crippen molar-refractivity contribution in [2.45, 2.75) is 37.6 Å². The minimum atomic E-state index is -1.19. The lowest BCUT2D eigenvalue weighted by Gasteiger charge is -2.35. The van der Waals surface area contributed by atoms with Crippen LogP contribution < -0.4 is 11.5 Å². The van der Waals surface area contributed by atoms with Crippen LogP contribution in [-0.4, -0.2) is 23.2 Å². The molecule has 13 heavy (non-hydrogen) atoms. The third kappa shape index (κ3) is 2.00. The van der Waals surface area contributed by atoms with Gasteiger partial charge in [-0.25, -0.2) is 0 Å². The highest BCUT2D eigenvalue weighted by Gasteiger charge is 2.41. The van der Waals surface area contributed by atoms with Crippen LogP contribution in [0.3, 0.4) is 0 Å². The topological polar surface area (TPSA) is 89.3 Å². The number of hydrogen-bond acceptors (Lipinski definition) is 3. The van der Waals surface area contributed by atoms with Gasteiger partial charge in [0.05, 0.1) is 0 Å². The molecule has 0 saturated heterocycles. The van der Waals surface area contributed by atoms with Gasteiger partial charge in [-0.15, -0.1) is 0 Å². The molecule has 1 fully saturated rings. The van der Waals surface area contributed by atoms with Crippen LogP contribution in [0, 0.1) is 5.92 Å². The molecule has 1 unspecified atom stereocenters. The van der Waals surface area contributed by atoms with E-state index in [9.17, 15) is 4.79 Å². The first-order valence-electron chi connectivity index (χ1n) is 4.83. The molecule has 76 valence electrons. The summed E-state index contributed by atoms with van der Waals surface area (Å²) in [4.78, 5) is 10.9. The molecule has 0 radical (unpaired) electrons. The fourth-order valence-electron chi connectivity index (χ4n) is 2.05. The van der Waals surface area contributed by atoms with E-state index < -0.39 is 11.5 Å². The van der Waals surface area contributed by atoms with Gasteiger partial charge in [-0.1, -0.05) is 19.3 Å². The molecule has 0 aromatic carbocycles. The SMILES string of the molecule is NCC(N)(C(=O)O)C1CCCCC1. The maximum absolute atomic E-state index is 10.9. The number of carbonyl (C=O) groups is 1. The van der Waals surface area contributed by atoms with Crippen molar-refractivity contribution in [2.24, 2.45) is 17.4 Å². The van der Waals surface area contributed by atoms with Gasteiger partial charge >= 0.3 is 5.97 Å². The molecule has 0 aliphatic heterocycles. The second-order valence-corrected chi connectivity index (χ2v) is 3.88. The molecule has 0 heterocycles. The molecule has 0 amide bonds. The van der Waals surface area contributed by atoms with Gasteiger partial charge in [-0.2, -0.15) is 0 Å². The Labute approximate surface area is 78.3 Å². The minimum Gasteiger partial charge on any atom is -0.480 e. The lowest BCUT2D eigenvalue weighted by Crippen LogP contribution is -2.59. The van der Waals surface area contributed by atoms with E-state index >= 15 is 0 Å². The zero-order valence-corrected chi connectivity index (χ0v) is 7.83. The summed E-state index contributed by atoms with van der Waals surface area (Å²) in [5.74, 6) is -0.898. The summed E-state index contributed by atoms with van der Waals surface area (Å²) >= 11 is 0. The maximum Gasteiger partial charge on any atom is 0.325 e. The van der Waals surface area contributed by atoms with E-state index in [4.69, 9.17) is 16.6 Å². The molecule has 0 aromatic heterocycles. The fraction of sp³-hybridized carbons (Fsp3) is 0.889. The highest BCUT2D eigenvalue weighted by Crippen LogP contribution is 2.30. The molecule has 1 aliphatic carbocycles. The predicted molar refractivity (Wildman–Crippen MR) is 50.2 cm³/mol. The molecule has 4 nitrogen and oxygen atoms in total. The van der Waals surface area contributed by atoms with E-state index in [2.05, 4.69) is 0 Å². The monoisotopic (exact) mass is 186 g/mol. The second-order valence-electron chi connectivity index (χ2n) is 3.88. The zero-order chi connectivity index (χ0) is 9.90. The van der Waals surface area contributed by atoms with Crippen molar-refractivity contribution in [3.63, 3.8) is 0 Å². The quantitative estimate of drug-likeness (QED) is 0.591. The standard InChI is InChI=1S/C9H18N2O2/c10-6-9(11,8(12)13)7-4-2-1-3-5-7/h7H,1-6,10-11H2,(H,12,13). The van der Waals surface area contributed by atoms with Crippen LogP contribution >= 0.6 is 0 Å². The number of hydrogen-bond donors (Lipinski definition) is 3. The molecule has 1 aliphatic rings. The molecule has 4 heteroatoms. The van der Waals surface area contributed by atoms with Crippen LogP contribution in [0.4, 0.5) is 0 Å². The molecule has 1 atom stereocenters. The largest absolute Gasteiger partial charge is 0.480 e. The van der Waals surface area contributed by atoms with Gasteiger partial charge in [0.25, 0.3) is 0 Å². The van der Waals surface area contributed by atoms with Crippen LogP contribution in [0.25, 0.3) is 0 Å². The van der Waals surface area contributed by atoms with Gasteiger partial charge in [0, 0.05) is 6.54 Å². The van der Waals surface area contributed by atoms with Gasteiger partial charge < -0.3 is 16.6 Å². The minimum absolute atomic E-state index is 0.0347. The van der Waals surface area contributed by atoms with Gasteiger partial charge in [0.1, 0.15) is 5.54 Å². The Balaban J connectivity index is 2.68. The van der Waals surface area contributed by atoms with Crippen LogP contribution in [0.2, 0.25) is 0 Å². The second kappa shape index (κ2) is 4.07. The maximum atomic E-state index is 10.9. The van der Waals surface area contributed by atoms with Gasteiger partial charge in [0.15, 0.2) is 0 Å². The molecule has 0 bridgehead atoms. The summed E-state index contributed by atoms with van der Waals surface area (Å²) in [6, 6.07) is 0. The Morgan fingerprint density at radius 3 is 2.31 bits per heavy atom. The number of carboxylic acid groups (broad SMARTS) is 1. The summed E-state index contributed by atoms with van der Waals surface area (Å²) in [5.41, 5.74) is 10.0. The van der Waals surface area contributed by atoms with Crippen molar-refractivity contribution in [1.29, 1.82) is 0 Å². The average Bonchev–Trinajstić information content (AvgIpc) is 2.17. The number of carboxylic acids is 1. The predicted octanol–water partition coefficient (Wildman–Crippen LogP) is 0.307. The molecule has 1 rings (SSSR count). The Morgan fingerprint density at radius 1 is 1.38 bits per heavy atom. The van der Waals surface area contributed by atoms with Crippen molar-refractivity contribution in [1.82, 2.24) is 0 Å². The van der Waals surface area contributed by atoms with E-state index in [1.54, 1.807) is 0 Å². The number of aliphatic carboxylic acids is 1. The molecule has 0 spiro atoms. The van der Waals surface area contributed by atoms with E-state index in [0.29, 0.717) is 0 Å². The summed E-state index contributed by atoms with van der Waals surface area (Å²) < 4.78 is 0. The van der Waals surface area contributed by atoms with E-state index in [1.165, 1.54) is 6.42 Å². The van der Waals surface area contributed by atoms with E-state index in [1.807, 2.05) is 0 Å². The lowest BCUT2D eigenvalue weighted by atomic mass is 9.75. The normalized spacial score (nSPS) is 23.8. The third-order valence-electron chi connectivity index (χ3n) is 3.07. The van der Waals surface area contributed by atoms with Gasteiger partial charge in [0.2, 0.25) is 0 Å². The summed E-state index contributed by atoms with van der Waals surface area (Å²) in [6.07, 6.45) is 5.16. The molecule has 0 aromatic rings. The van der Waals surface area contributed by atoms with Crippen LogP contribution in [0.15, 0.2) is 0 Å². The summed E-state index contributed by atoms with van der Waals surface area (Å²) in [5, 5.41) is 8.98. The van der Waals surface area contributed by atoms with Crippen LogP contribution in [0.5, 0.6) is 0 Å². The van der Waals surface area contributed by atoms with Crippen LogP contribution in [-0.2, 0) is 4.79 Å². The summed E-state index contributed by atoms with van der Waals surface area (Å²) in [7, 11) is 0. The number of rotatable bonds is 3. The van der Waals surface area contributed by atoms with Crippen molar-refractivity contribution in [3.8, 4) is 0 Å². The summed E-state index contributed by atoms with van der Waals surface area (Å²) in [6.45, 7) is 0.0347. The molecule has 1 saturated carbocycles. The Hall–Kier alpha value is -0.610. The Kier molecular flexibility index (Phi) is 3.27. The molecule has 5 N–H and O–H groups in total. The highest BCUT2D eigenvalue weighted by molar-refractivity contribution is 5.79. The van der Waals surface area contributed by atoms with Gasteiger partial charge in [-0.3, -0.25) is 4.79 Å². The first-order valence-corrected chi connectivity index (χ1v) is 4.83. The first kappa shape index (κ1) is 10.5. The Morgan fingerprint density at radius 2 is 1.92 bits per heavy atom. The highest BCUT2D eigenvalue weighted by atomic mass is 16.4. The van der Waals surface area contributed by atoms with Gasteiger partial charge in [-0.05, 0) is 18.8 Å². The number of nitrogens with two attached hydrogens (primary N) is 2. The first-order chi connectivity index (χ1) is 6.11. The van der Waals surface area contributed by atoms with Crippen molar-refractivity contribution in [2.75, 3.05) is 6.54 Å². The lowest BCUT2D eigenvalue weighted by molar-refractivity contribution is -0.145. The zero-order valence-electron chi connectivity index (χ0n) is 7.83. The molecular weight excluding hydrogens is 168 g/mol. The smallest absolute Gasteiger partial charge is 0.325 e. The van der Waals surface area contributed by atoms with E-state index in [-0.39, 0.29) is 12.5 Å². The third-order valence-corrected chi connectivity index (χ3v) is 3.07. The van der Waals surface area contributed by atoms with Crippen molar-refractivity contribution < 1.29 is 9.90 Å².